The Bertz CT molecular complexity index is 480. The molecule has 13 heavy (non-hydrogen) atoms. The number of carboxylic acid groups (broad SMARTS) is 1. The normalized spacial score (nSPS) is 10.5. The third-order valence-corrected chi connectivity index (χ3v) is 2.47. The van der Waals surface area contributed by atoms with E-state index < -0.39 is 11.8 Å². The van der Waals surface area contributed by atoms with Crippen molar-refractivity contribution in [3.8, 4) is 0 Å². The van der Waals surface area contributed by atoms with E-state index in [0.717, 1.165) is 11.5 Å². The van der Waals surface area contributed by atoms with Gasteiger partial charge in [0.05, 0.1) is 16.5 Å². The predicted molar refractivity (Wildman–Crippen MR) is 46.5 cm³/mol. The van der Waals surface area contributed by atoms with Crippen molar-refractivity contribution in [3.63, 3.8) is 0 Å². The van der Waals surface area contributed by atoms with E-state index in [9.17, 15) is 9.18 Å². The van der Waals surface area contributed by atoms with Crippen molar-refractivity contribution >= 4 is 27.6 Å². The van der Waals surface area contributed by atoms with E-state index in [1.54, 1.807) is 6.07 Å². The first kappa shape index (κ1) is 8.12. The lowest BCUT2D eigenvalue weighted by Gasteiger charge is -1.96. The molecule has 1 aromatic heterocycles. The van der Waals surface area contributed by atoms with Gasteiger partial charge in [-0.2, -0.15) is 4.37 Å². The van der Waals surface area contributed by atoms with Gasteiger partial charge in [-0.15, -0.1) is 0 Å². The van der Waals surface area contributed by atoms with Crippen molar-refractivity contribution in [2.75, 3.05) is 0 Å². The molecule has 1 heterocycles. The highest BCUT2D eigenvalue weighted by molar-refractivity contribution is 7.13. The summed E-state index contributed by atoms with van der Waals surface area (Å²) >= 11 is 1.14. The molecule has 66 valence electrons. The molecule has 2 rings (SSSR count). The van der Waals surface area contributed by atoms with Crippen molar-refractivity contribution in [2.45, 2.75) is 0 Å². The van der Waals surface area contributed by atoms with Crippen LogP contribution < -0.4 is 0 Å². The van der Waals surface area contributed by atoms with E-state index >= 15 is 0 Å². The molecule has 0 spiro atoms. The zero-order chi connectivity index (χ0) is 9.42. The topological polar surface area (TPSA) is 50.2 Å². The highest BCUT2D eigenvalue weighted by Gasteiger charge is 2.13. The first-order valence-corrected chi connectivity index (χ1v) is 4.23. The molecule has 0 saturated carbocycles. The smallest absolute Gasteiger partial charge is 0.338 e. The van der Waals surface area contributed by atoms with Gasteiger partial charge in [0.2, 0.25) is 0 Å². The van der Waals surface area contributed by atoms with Gasteiger partial charge >= 0.3 is 5.97 Å². The van der Waals surface area contributed by atoms with Gasteiger partial charge in [0.1, 0.15) is 5.82 Å². The molecule has 1 N–H and O–H groups in total. The quantitative estimate of drug-likeness (QED) is 0.761. The molecule has 0 aliphatic carbocycles. The number of fused-ring (bicyclic) bond motifs is 1. The number of benzene rings is 1. The Morgan fingerprint density at radius 2 is 2.31 bits per heavy atom. The van der Waals surface area contributed by atoms with Gasteiger partial charge in [0.15, 0.2) is 0 Å². The van der Waals surface area contributed by atoms with E-state index in [-0.39, 0.29) is 10.9 Å². The highest BCUT2D eigenvalue weighted by Crippen LogP contribution is 2.23. The van der Waals surface area contributed by atoms with Gasteiger partial charge in [-0.25, -0.2) is 9.18 Å². The Hall–Kier alpha value is -1.49. The van der Waals surface area contributed by atoms with Crippen LogP contribution in [0.3, 0.4) is 0 Å². The van der Waals surface area contributed by atoms with Crippen LogP contribution in [0.1, 0.15) is 10.4 Å². The number of carbonyl (C=O) groups is 1. The standard InChI is InChI=1S/C8H4FNO2S/c9-7-4(8(11)12)1-2-6-5(7)3-10-13-6/h1-3H,(H,11,12). The van der Waals surface area contributed by atoms with E-state index in [1.165, 1.54) is 12.3 Å². The Morgan fingerprint density at radius 1 is 1.54 bits per heavy atom. The molecule has 3 nitrogen and oxygen atoms in total. The molecular formula is C8H4FNO2S. The summed E-state index contributed by atoms with van der Waals surface area (Å²) in [4.78, 5) is 10.5. The van der Waals surface area contributed by atoms with Crippen LogP contribution in [0.15, 0.2) is 18.3 Å². The second kappa shape index (κ2) is 2.77. The Kier molecular flexibility index (Phi) is 1.73. The molecular weight excluding hydrogens is 193 g/mol. The number of rotatable bonds is 1. The average Bonchev–Trinajstić information content (AvgIpc) is 2.52. The summed E-state index contributed by atoms with van der Waals surface area (Å²) in [5.41, 5.74) is -0.312. The van der Waals surface area contributed by atoms with Crippen LogP contribution >= 0.6 is 11.5 Å². The molecule has 1 aromatic carbocycles. The van der Waals surface area contributed by atoms with Crippen molar-refractivity contribution in [1.82, 2.24) is 4.37 Å². The van der Waals surface area contributed by atoms with Crippen molar-refractivity contribution in [3.05, 3.63) is 29.7 Å². The van der Waals surface area contributed by atoms with E-state index in [0.29, 0.717) is 4.70 Å². The lowest BCUT2D eigenvalue weighted by Crippen LogP contribution is -1.99. The van der Waals surface area contributed by atoms with Gasteiger partial charge in [0, 0.05) is 5.39 Å². The Morgan fingerprint density at radius 3 is 3.00 bits per heavy atom. The summed E-state index contributed by atoms with van der Waals surface area (Å²) in [5, 5.41) is 8.87. The monoisotopic (exact) mass is 197 g/mol. The minimum absolute atomic E-state index is 0.268. The SMILES string of the molecule is O=C(O)c1ccc2sncc2c1F. The summed E-state index contributed by atoms with van der Waals surface area (Å²) in [6, 6.07) is 2.80. The predicted octanol–water partition coefficient (Wildman–Crippen LogP) is 2.13. The summed E-state index contributed by atoms with van der Waals surface area (Å²) in [5.74, 6) is -1.97. The maximum Gasteiger partial charge on any atom is 0.338 e. The van der Waals surface area contributed by atoms with Gasteiger partial charge in [-0.1, -0.05) is 0 Å². The number of carboxylic acids is 1. The van der Waals surface area contributed by atoms with Crippen molar-refractivity contribution < 1.29 is 14.3 Å². The molecule has 2 aromatic rings. The lowest BCUT2D eigenvalue weighted by molar-refractivity contribution is 0.0692. The van der Waals surface area contributed by atoms with Crippen molar-refractivity contribution in [1.29, 1.82) is 0 Å². The first-order chi connectivity index (χ1) is 6.20. The first-order valence-electron chi connectivity index (χ1n) is 3.46. The number of aromatic nitrogens is 1. The van der Waals surface area contributed by atoms with Gasteiger partial charge < -0.3 is 5.11 Å². The van der Waals surface area contributed by atoms with Crippen LogP contribution in [0.5, 0.6) is 0 Å². The maximum absolute atomic E-state index is 13.3. The summed E-state index contributed by atoms with van der Waals surface area (Å²) in [6.07, 6.45) is 1.34. The van der Waals surface area contributed by atoms with E-state index in [4.69, 9.17) is 5.11 Å². The molecule has 0 atom stereocenters. The summed E-state index contributed by atoms with van der Waals surface area (Å²) < 4.78 is 17.8. The van der Waals surface area contributed by atoms with E-state index in [1.807, 2.05) is 0 Å². The summed E-state index contributed by atoms with van der Waals surface area (Å²) in [7, 11) is 0. The fourth-order valence-electron chi connectivity index (χ4n) is 1.08. The maximum atomic E-state index is 13.3. The minimum atomic E-state index is -1.26. The Labute approximate surface area is 76.6 Å². The van der Waals surface area contributed by atoms with Gasteiger partial charge in [-0.05, 0) is 23.7 Å². The Balaban J connectivity index is 2.80. The molecule has 0 radical (unpaired) electrons. The second-order valence-electron chi connectivity index (χ2n) is 2.47. The van der Waals surface area contributed by atoms with Gasteiger partial charge in [-0.3, -0.25) is 0 Å². The fraction of sp³-hybridized carbons (Fsp3) is 0. The van der Waals surface area contributed by atoms with Crippen LogP contribution in [0, 0.1) is 5.82 Å². The molecule has 0 saturated heterocycles. The minimum Gasteiger partial charge on any atom is -0.478 e. The number of hydrogen-bond donors (Lipinski definition) is 1. The van der Waals surface area contributed by atoms with Crippen LogP contribution in [0.2, 0.25) is 0 Å². The zero-order valence-corrected chi connectivity index (χ0v) is 7.14. The number of aromatic carboxylic acids is 1. The molecule has 0 bridgehead atoms. The molecule has 5 heteroatoms. The van der Waals surface area contributed by atoms with E-state index in [2.05, 4.69) is 4.37 Å². The van der Waals surface area contributed by atoms with Crippen LogP contribution in [0.4, 0.5) is 4.39 Å². The van der Waals surface area contributed by atoms with Crippen LogP contribution in [-0.4, -0.2) is 15.4 Å². The molecule has 0 aliphatic rings. The summed E-state index contributed by atoms with van der Waals surface area (Å²) in [6.45, 7) is 0. The molecule has 0 aliphatic heterocycles. The largest absolute Gasteiger partial charge is 0.478 e. The number of nitrogens with zero attached hydrogens (tertiary/aromatic N) is 1. The van der Waals surface area contributed by atoms with Gasteiger partial charge in [0.25, 0.3) is 0 Å². The number of hydrogen-bond acceptors (Lipinski definition) is 3. The molecule has 0 amide bonds. The zero-order valence-electron chi connectivity index (χ0n) is 6.32. The molecule has 0 fully saturated rings. The number of halogens is 1. The highest BCUT2D eigenvalue weighted by atomic mass is 32.1. The lowest BCUT2D eigenvalue weighted by atomic mass is 10.1. The average molecular weight is 197 g/mol. The third kappa shape index (κ3) is 1.17. The van der Waals surface area contributed by atoms with Crippen LogP contribution in [0.25, 0.3) is 10.1 Å². The second-order valence-corrected chi connectivity index (χ2v) is 3.30. The van der Waals surface area contributed by atoms with Crippen LogP contribution in [-0.2, 0) is 0 Å². The third-order valence-electron chi connectivity index (χ3n) is 1.70. The fourth-order valence-corrected chi connectivity index (χ4v) is 1.72. The van der Waals surface area contributed by atoms with Crippen molar-refractivity contribution in [2.24, 2.45) is 0 Å². The molecule has 0 unspecified atom stereocenters.